The maximum atomic E-state index is 5.78. The number of allylic oxidation sites excluding steroid dienone is 2. The first-order valence-corrected chi connectivity index (χ1v) is 7.37. The number of hydrogen-bond donors (Lipinski definition) is 0. The van der Waals surface area contributed by atoms with Crippen molar-refractivity contribution in [2.75, 3.05) is 0 Å². The molecule has 0 N–H and O–H groups in total. The minimum atomic E-state index is -1.61. The topological polar surface area (TPSA) is 9.23 Å². The Morgan fingerprint density at radius 2 is 1.92 bits per heavy atom. The smallest absolute Gasteiger partial charge is 0.268 e. The molecule has 0 radical (unpaired) electrons. The average Bonchev–Trinajstić information content (AvgIpc) is 1.84. The fraction of sp³-hybridized carbons (Fsp3) is 0.600. The van der Waals surface area contributed by atoms with Crippen LogP contribution in [0.2, 0.25) is 13.1 Å². The highest BCUT2D eigenvalue weighted by Crippen LogP contribution is 2.12. The van der Waals surface area contributed by atoms with E-state index < -0.39 is 8.32 Å². The fourth-order valence-corrected chi connectivity index (χ4v) is 1.94. The van der Waals surface area contributed by atoms with Crippen molar-refractivity contribution < 1.29 is 4.43 Å². The molecular weight excluding hydrogens is 164 g/mol. The number of rotatable bonds is 4. The normalized spacial score (nSPS) is 13.3. The van der Waals surface area contributed by atoms with Crippen LogP contribution >= 0.6 is 0 Å². The summed E-state index contributed by atoms with van der Waals surface area (Å²) in [5.74, 6) is 1.58. The lowest BCUT2D eigenvalue weighted by Crippen LogP contribution is -2.26. The van der Waals surface area contributed by atoms with E-state index in [0.717, 1.165) is 5.76 Å². The Labute approximate surface area is 77.3 Å². The first-order valence-electron chi connectivity index (χ1n) is 4.38. The van der Waals surface area contributed by atoms with Crippen LogP contribution < -0.4 is 0 Å². The van der Waals surface area contributed by atoms with Crippen LogP contribution in [-0.2, 0) is 4.43 Å². The van der Waals surface area contributed by atoms with Crippen molar-refractivity contribution in [1.29, 1.82) is 0 Å². The third kappa shape index (κ3) is 5.19. The van der Waals surface area contributed by atoms with E-state index in [2.05, 4.69) is 39.6 Å². The quantitative estimate of drug-likeness (QED) is 0.480. The van der Waals surface area contributed by atoms with E-state index in [1.165, 1.54) is 0 Å². The van der Waals surface area contributed by atoms with Crippen LogP contribution in [0.4, 0.5) is 0 Å². The van der Waals surface area contributed by atoms with Gasteiger partial charge in [-0.15, -0.1) is 6.58 Å². The maximum Gasteiger partial charge on any atom is 0.268 e. The van der Waals surface area contributed by atoms with E-state index in [1.54, 1.807) is 0 Å². The van der Waals surface area contributed by atoms with Gasteiger partial charge in [0.15, 0.2) is 0 Å². The minimum Gasteiger partial charge on any atom is -0.544 e. The van der Waals surface area contributed by atoms with Crippen molar-refractivity contribution in [3.05, 3.63) is 24.1 Å². The van der Waals surface area contributed by atoms with Crippen LogP contribution in [0.5, 0.6) is 0 Å². The lowest BCUT2D eigenvalue weighted by molar-refractivity contribution is 0.422. The van der Waals surface area contributed by atoms with Crippen molar-refractivity contribution in [3.63, 3.8) is 0 Å². The van der Waals surface area contributed by atoms with Crippen LogP contribution in [0.1, 0.15) is 20.8 Å². The summed E-state index contributed by atoms with van der Waals surface area (Å²) in [6.45, 7) is 14.4. The predicted octanol–water partition coefficient (Wildman–Crippen LogP) is 3.49. The van der Waals surface area contributed by atoms with E-state index in [-0.39, 0.29) is 0 Å². The van der Waals surface area contributed by atoms with Gasteiger partial charge in [-0.1, -0.05) is 19.5 Å². The Hall–Kier alpha value is -0.503. The number of hydrogen-bond acceptors (Lipinski definition) is 1. The Kier molecular flexibility index (Phi) is 4.32. The molecule has 12 heavy (non-hydrogen) atoms. The van der Waals surface area contributed by atoms with Gasteiger partial charge in [0, 0.05) is 0 Å². The third-order valence-electron chi connectivity index (χ3n) is 1.48. The summed E-state index contributed by atoms with van der Waals surface area (Å²) in [5.41, 5.74) is 1.95. The molecule has 0 saturated heterocycles. The summed E-state index contributed by atoms with van der Waals surface area (Å²) >= 11 is 0. The molecule has 0 unspecified atom stereocenters. The van der Waals surface area contributed by atoms with E-state index in [0.29, 0.717) is 5.92 Å². The Morgan fingerprint density at radius 3 is 2.25 bits per heavy atom. The summed E-state index contributed by atoms with van der Waals surface area (Å²) in [5, 5.41) is 0. The van der Waals surface area contributed by atoms with Gasteiger partial charge in [0.25, 0.3) is 8.32 Å². The van der Waals surface area contributed by atoms with E-state index in [4.69, 9.17) is 4.43 Å². The van der Waals surface area contributed by atoms with E-state index >= 15 is 0 Å². The summed E-state index contributed by atoms with van der Waals surface area (Å²) in [6.07, 6.45) is 2.14. The average molecular weight is 184 g/mol. The van der Waals surface area contributed by atoms with Crippen molar-refractivity contribution in [2.45, 2.75) is 33.9 Å². The van der Waals surface area contributed by atoms with Gasteiger partial charge in [0.2, 0.25) is 0 Å². The van der Waals surface area contributed by atoms with Crippen LogP contribution in [0, 0.1) is 5.92 Å². The molecule has 0 saturated carbocycles. The van der Waals surface area contributed by atoms with Crippen LogP contribution in [0.3, 0.4) is 0 Å². The zero-order valence-corrected chi connectivity index (χ0v) is 9.85. The first-order chi connectivity index (χ1) is 5.37. The molecule has 0 rings (SSSR count). The molecular formula is C10H20OSi. The molecule has 0 aromatic rings. The Morgan fingerprint density at radius 1 is 1.42 bits per heavy atom. The molecule has 0 bridgehead atoms. The highest BCUT2D eigenvalue weighted by Gasteiger charge is 2.18. The van der Waals surface area contributed by atoms with Gasteiger partial charge in [0.1, 0.15) is 0 Å². The first kappa shape index (κ1) is 11.5. The molecule has 0 amide bonds. The SMILES string of the molecule is C=C[Si](C)(C)OC(C)=CC(C)C. The van der Waals surface area contributed by atoms with Gasteiger partial charge >= 0.3 is 0 Å². The molecule has 0 aliphatic heterocycles. The minimum absolute atomic E-state index is 0.555. The van der Waals surface area contributed by atoms with Crippen molar-refractivity contribution >= 4 is 8.32 Å². The summed E-state index contributed by atoms with van der Waals surface area (Å²) in [7, 11) is -1.61. The zero-order chi connectivity index (χ0) is 9.78. The second kappa shape index (κ2) is 4.50. The van der Waals surface area contributed by atoms with Crippen LogP contribution in [-0.4, -0.2) is 8.32 Å². The van der Waals surface area contributed by atoms with Gasteiger partial charge < -0.3 is 4.43 Å². The zero-order valence-electron chi connectivity index (χ0n) is 8.85. The molecule has 1 nitrogen and oxygen atoms in total. The summed E-state index contributed by atoms with van der Waals surface area (Å²) in [4.78, 5) is 0. The van der Waals surface area contributed by atoms with Crippen molar-refractivity contribution in [2.24, 2.45) is 5.92 Å². The molecule has 0 fully saturated rings. The van der Waals surface area contributed by atoms with Gasteiger partial charge in [0.05, 0.1) is 5.76 Å². The fourth-order valence-electron chi connectivity index (χ4n) is 0.960. The second-order valence-electron chi connectivity index (χ2n) is 3.93. The standard InChI is InChI=1S/C10H20OSi/c1-7-12(5,6)11-10(4)8-9(2)3/h7-9H,1H2,2-6H3. The molecule has 0 atom stereocenters. The molecule has 2 heteroatoms. The van der Waals surface area contributed by atoms with Gasteiger partial charge in [-0.3, -0.25) is 0 Å². The Balaban J connectivity index is 4.17. The van der Waals surface area contributed by atoms with Gasteiger partial charge in [-0.25, -0.2) is 0 Å². The lowest BCUT2D eigenvalue weighted by atomic mass is 10.2. The van der Waals surface area contributed by atoms with Crippen molar-refractivity contribution in [1.82, 2.24) is 0 Å². The second-order valence-corrected chi connectivity index (χ2v) is 7.75. The van der Waals surface area contributed by atoms with Crippen molar-refractivity contribution in [3.8, 4) is 0 Å². The molecule has 0 aliphatic rings. The van der Waals surface area contributed by atoms with Crippen LogP contribution in [0.25, 0.3) is 0 Å². The summed E-state index contributed by atoms with van der Waals surface area (Å²) in [6, 6.07) is 0. The lowest BCUT2D eigenvalue weighted by Gasteiger charge is -2.20. The van der Waals surface area contributed by atoms with E-state index in [9.17, 15) is 0 Å². The van der Waals surface area contributed by atoms with Gasteiger partial charge in [-0.05, 0) is 32.0 Å². The predicted molar refractivity (Wildman–Crippen MR) is 57.4 cm³/mol. The van der Waals surface area contributed by atoms with E-state index in [1.807, 2.05) is 12.6 Å². The highest BCUT2D eigenvalue weighted by molar-refractivity contribution is 6.76. The highest BCUT2D eigenvalue weighted by atomic mass is 28.4. The third-order valence-corrected chi connectivity index (χ3v) is 3.31. The molecule has 0 aromatic heterocycles. The molecule has 0 aromatic carbocycles. The Bertz CT molecular complexity index is 180. The maximum absolute atomic E-state index is 5.78. The molecule has 0 spiro atoms. The molecule has 0 aliphatic carbocycles. The monoisotopic (exact) mass is 184 g/mol. The summed E-state index contributed by atoms with van der Waals surface area (Å²) < 4.78 is 5.78. The molecule has 0 heterocycles. The molecule has 70 valence electrons. The van der Waals surface area contributed by atoms with Crippen LogP contribution in [0.15, 0.2) is 24.1 Å². The largest absolute Gasteiger partial charge is 0.544 e. The van der Waals surface area contributed by atoms with Gasteiger partial charge in [-0.2, -0.15) is 0 Å².